The highest BCUT2D eigenvalue weighted by molar-refractivity contribution is 6.30. The average Bonchev–Trinajstić information content (AvgIpc) is 2.76. The Morgan fingerprint density at radius 3 is 2.44 bits per heavy atom. The summed E-state index contributed by atoms with van der Waals surface area (Å²) in [6.45, 7) is 10.8. The molecule has 174 valence electrons. The van der Waals surface area contributed by atoms with Crippen molar-refractivity contribution >= 4 is 17.5 Å². The summed E-state index contributed by atoms with van der Waals surface area (Å²) in [7, 11) is 1.68. The maximum atomic E-state index is 12.6. The number of halogens is 1. The van der Waals surface area contributed by atoms with Crippen LogP contribution in [0.2, 0.25) is 5.02 Å². The van der Waals surface area contributed by atoms with Crippen molar-refractivity contribution in [2.75, 3.05) is 39.8 Å². The van der Waals surface area contributed by atoms with Crippen molar-refractivity contribution in [1.82, 2.24) is 9.80 Å². The van der Waals surface area contributed by atoms with Gasteiger partial charge in [-0.15, -0.1) is 0 Å². The zero-order valence-electron chi connectivity index (χ0n) is 19.6. The summed E-state index contributed by atoms with van der Waals surface area (Å²) in [5, 5.41) is 0.708. The van der Waals surface area contributed by atoms with Gasteiger partial charge in [0.25, 0.3) is 0 Å². The van der Waals surface area contributed by atoms with E-state index in [1.165, 1.54) is 0 Å². The van der Waals surface area contributed by atoms with Crippen molar-refractivity contribution < 1.29 is 14.3 Å². The molecule has 1 aliphatic heterocycles. The predicted molar refractivity (Wildman–Crippen MR) is 129 cm³/mol. The van der Waals surface area contributed by atoms with E-state index >= 15 is 0 Å². The molecule has 1 heterocycles. The van der Waals surface area contributed by atoms with E-state index in [0.29, 0.717) is 18.1 Å². The first-order valence-corrected chi connectivity index (χ1v) is 11.6. The van der Waals surface area contributed by atoms with Crippen molar-refractivity contribution in [3.05, 3.63) is 64.7 Å². The van der Waals surface area contributed by atoms with Gasteiger partial charge in [0.05, 0.1) is 19.8 Å². The Labute approximate surface area is 197 Å². The first-order chi connectivity index (χ1) is 15.2. The zero-order chi connectivity index (χ0) is 23.1. The van der Waals surface area contributed by atoms with Crippen molar-refractivity contribution in [3.8, 4) is 5.75 Å². The SMILES string of the molecule is COc1cccc([C@@H](CN2CCN(C(=O)CC(C)(C)C)CC2)OCc2cccc(Cl)c2)c1. The number of ether oxygens (including phenoxy) is 2. The van der Waals surface area contributed by atoms with E-state index < -0.39 is 0 Å². The fourth-order valence-electron chi connectivity index (χ4n) is 3.90. The molecule has 0 radical (unpaired) electrons. The predicted octanol–water partition coefficient (Wildman–Crippen LogP) is 5.19. The van der Waals surface area contributed by atoms with Gasteiger partial charge in [0, 0.05) is 44.2 Å². The van der Waals surface area contributed by atoms with E-state index in [-0.39, 0.29) is 17.4 Å². The molecule has 0 aromatic heterocycles. The lowest BCUT2D eigenvalue weighted by atomic mass is 9.91. The Morgan fingerprint density at radius 1 is 1.06 bits per heavy atom. The highest BCUT2D eigenvalue weighted by Gasteiger charge is 2.26. The maximum Gasteiger partial charge on any atom is 0.223 e. The van der Waals surface area contributed by atoms with E-state index in [4.69, 9.17) is 21.1 Å². The third kappa shape index (κ3) is 7.51. The van der Waals surface area contributed by atoms with Gasteiger partial charge in [-0.05, 0) is 40.8 Å². The van der Waals surface area contributed by atoms with E-state index in [2.05, 4.69) is 31.7 Å². The van der Waals surface area contributed by atoms with E-state index in [9.17, 15) is 4.79 Å². The second-order valence-electron chi connectivity index (χ2n) is 9.63. The highest BCUT2D eigenvalue weighted by Crippen LogP contribution is 2.26. The van der Waals surface area contributed by atoms with Gasteiger partial charge in [-0.3, -0.25) is 9.69 Å². The molecule has 6 heteroatoms. The second kappa shape index (κ2) is 11.2. The molecule has 0 unspecified atom stereocenters. The van der Waals surface area contributed by atoms with Crippen LogP contribution in [0.3, 0.4) is 0 Å². The maximum absolute atomic E-state index is 12.6. The molecule has 0 saturated carbocycles. The fourth-order valence-corrected chi connectivity index (χ4v) is 4.11. The van der Waals surface area contributed by atoms with Crippen LogP contribution in [0.1, 0.15) is 44.4 Å². The van der Waals surface area contributed by atoms with Crippen molar-refractivity contribution in [2.24, 2.45) is 5.41 Å². The van der Waals surface area contributed by atoms with Gasteiger partial charge < -0.3 is 14.4 Å². The van der Waals surface area contributed by atoms with Crippen LogP contribution in [0, 0.1) is 5.41 Å². The van der Waals surface area contributed by atoms with Gasteiger partial charge in [-0.25, -0.2) is 0 Å². The number of piperazine rings is 1. The van der Waals surface area contributed by atoms with Crippen LogP contribution < -0.4 is 4.74 Å². The zero-order valence-corrected chi connectivity index (χ0v) is 20.4. The molecule has 1 saturated heterocycles. The number of hydrogen-bond acceptors (Lipinski definition) is 4. The van der Waals surface area contributed by atoms with Gasteiger partial charge in [-0.2, -0.15) is 0 Å². The number of methoxy groups -OCH3 is 1. The molecular formula is C26H35ClN2O3. The topological polar surface area (TPSA) is 42.0 Å². The molecule has 32 heavy (non-hydrogen) atoms. The normalized spacial score (nSPS) is 16.1. The number of hydrogen-bond donors (Lipinski definition) is 0. The molecule has 0 spiro atoms. The van der Waals surface area contributed by atoms with Crippen LogP contribution >= 0.6 is 11.6 Å². The quantitative estimate of drug-likeness (QED) is 0.546. The van der Waals surface area contributed by atoms with Gasteiger partial charge in [0.15, 0.2) is 0 Å². The molecule has 1 atom stereocenters. The molecular weight excluding hydrogens is 424 g/mol. The Hall–Kier alpha value is -2.08. The number of benzene rings is 2. The smallest absolute Gasteiger partial charge is 0.223 e. The molecule has 0 bridgehead atoms. The summed E-state index contributed by atoms with van der Waals surface area (Å²) in [5.74, 6) is 1.06. The molecule has 3 rings (SSSR count). The van der Waals surface area contributed by atoms with E-state index in [1.54, 1.807) is 7.11 Å². The standard InChI is InChI=1S/C26H35ClN2O3/c1-26(2,3)17-25(30)29-13-11-28(12-14-29)18-24(21-8-6-10-23(16-21)31-4)32-19-20-7-5-9-22(27)15-20/h5-10,15-16,24H,11-14,17-19H2,1-4H3/t24-/m1/s1. The first-order valence-electron chi connectivity index (χ1n) is 11.2. The third-order valence-electron chi connectivity index (χ3n) is 5.64. The average molecular weight is 459 g/mol. The molecule has 0 N–H and O–H groups in total. The lowest BCUT2D eigenvalue weighted by Crippen LogP contribution is -2.50. The van der Waals surface area contributed by atoms with Gasteiger partial charge in [-0.1, -0.05) is 56.6 Å². The molecule has 1 fully saturated rings. The minimum atomic E-state index is -0.110. The largest absolute Gasteiger partial charge is 0.497 e. The summed E-state index contributed by atoms with van der Waals surface area (Å²) < 4.78 is 11.8. The molecule has 0 aliphatic carbocycles. The molecule has 2 aromatic carbocycles. The third-order valence-corrected chi connectivity index (χ3v) is 5.87. The first kappa shape index (κ1) is 24.6. The number of carbonyl (C=O) groups excluding carboxylic acids is 1. The number of rotatable bonds is 8. The van der Waals surface area contributed by atoms with Crippen molar-refractivity contribution in [2.45, 2.75) is 39.9 Å². The van der Waals surface area contributed by atoms with E-state index in [0.717, 1.165) is 49.6 Å². The summed E-state index contributed by atoms with van der Waals surface area (Å²) in [4.78, 5) is 17.0. The molecule has 1 aliphatic rings. The Morgan fingerprint density at radius 2 is 1.78 bits per heavy atom. The lowest BCUT2D eigenvalue weighted by Gasteiger charge is -2.37. The van der Waals surface area contributed by atoms with Crippen LogP contribution in [-0.2, 0) is 16.1 Å². The van der Waals surface area contributed by atoms with Gasteiger partial charge in [0.2, 0.25) is 5.91 Å². The van der Waals surface area contributed by atoms with Crippen LogP contribution in [0.4, 0.5) is 0 Å². The molecule has 2 aromatic rings. The van der Waals surface area contributed by atoms with E-state index in [1.807, 2.05) is 47.4 Å². The van der Waals surface area contributed by atoms with Crippen LogP contribution in [0.15, 0.2) is 48.5 Å². The number of nitrogens with zero attached hydrogens (tertiary/aromatic N) is 2. The Kier molecular flexibility index (Phi) is 8.57. The molecule has 1 amide bonds. The summed E-state index contributed by atoms with van der Waals surface area (Å²) in [5.41, 5.74) is 2.14. The van der Waals surface area contributed by atoms with Crippen LogP contribution in [0.5, 0.6) is 5.75 Å². The highest BCUT2D eigenvalue weighted by atomic mass is 35.5. The summed E-state index contributed by atoms with van der Waals surface area (Å²) in [6.07, 6.45) is 0.475. The monoisotopic (exact) mass is 458 g/mol. The van der Waals surface area contributed by atoms with Crippen molar-refractivity contribution in [3.63, 3.8) is 0 Å². The fraction of sp³-hybridized carbons (Fsp3) is 0.500. The van der Waals surface area contributed by atoms with Crippen LogP contribution in [-0.4, -0.2) is 55.5 Å². The Bertz CT molecular complexity index is 889. The summed E-state index contributed by atoms with van der Waals surface area (Å²) in [6, 6.07) is 15.8. The molecule has 5 nitrogen and oxygen atoms in total. The van der Waals surface area contributed by atoms with Gasteiger partial charge in [0.1, 0.15) is 5.75 Å². The van der Waals surface area contributed by atoms with Crippen LogP contribution in [0.25, 0.3) is 0 Å². The number of amides is 1. The van der Waals surface area contributed by atoms with Gasteiger partial charge >= 0.3 is 0 Å². The minimum absolute atomic E-state index is 0.0137. The second-order valence-corrected chi connectivity index (χ2v) is 10.1. The lowest BCUT2D eigenvalue weighted by molar-refractivity contribution is -0.135. The summed E-state index contributed by atoms with van der Waals surface area (Å²) >= 11 is 6.14. The minimum Gasteiger partial charge on any atom is -0.497 e. The number of carbonyl (C=O) groups is 1. The Balaban J connectivity index is 1.64. The van der Waals surface area contributed by atoms with Crippen molar-refractivity contribution in [1.29, 1.82) is 0 Å².